The molecule has 1 atom stereocenters. The van der Waals surface area contributed by atoms with Gasteiger partial charge in [0.25, 0.3) is 0 Å². The van der Waals surface area contributed by atoms with Crippen LogP contribution in [0.1, 0.15) is 38.1 Å². The van der Waals surface area contributed by atoms with Crippen LogP contribution in [0.4, 0.5) is 8.78 Å². The molecular weight excluding hydrogens is 420 g/mol. The van der Waals surface area contributed by atoms with E-state index in [1.165, 1.54) is 6.07 Å². The smallest absolute Gasteiger partial charge is 0.387 e. The van der Waals surface area contributed by atoms with Crippen molar-refractivity contribution in [3.05, 3.63) is 47.9 Å². The van der Waals surface area contributed by atoms with Crippen LogP contribution in [0.2, 0.25) is 0 Å². The Kier molecular flexibility index (Phi) is 10.4. The van der Waals surface area contributed by atoms with Crippen LogP contribution in [0.3, 0.4) is 0 Å². The Bertz CT molecular complexity index is 814. The Hall–Kier alpha value is -2.65. The van der Waals surface area contributed by atoms with Crippen molar-refractivity contribution in [2.24, 2.45) is 0 Å². The minimum absolute atomic E-state index is 0.00799. The molecular formula is C23H33F2N3O4. The van der Waals surface area contributed by atoms with Crippen LogP contribution in [0.15, 0.2) is 41.0 Å². The highest BCUT2D eigenvalue weighted by molar-refractivity contribution is 5.78. The zero-order valence-electron chi connectivity index (χ0n) is 19.1. The summed E-state index contributed by atoms with van der Waals surface area (Å²) in [6.07, 6.45) is 1.63. The maximum absolute atomic E-state index is 12.6. The van der Waals surface area contributed by atoms with Crippen molar-refractivity contribution in [2.45, 2.75) is 40.0 Å². The molecule has 1 aromatic carbocycles. The number of halogens is 2. The van der Waals surface area contributed by atoms with Crippen LogP contribution in [0.25, 0.3) is 0 Å². The first kappa shape index (κ1) is 25.6. The lowest BCUT2D eigenvalue weighted by molar-refractivity contribution is -0.122. The molecule has 1 heterocycles. The number of likely N-dealkylation sites (N-methyl/N-ethyl adjacent to an activating group) is 2. The van der Waals surface area contributed by atoms with E-state index in [1.54, 1.807) is 25.3 Å². The summed E-state index contributed by atoms with van der Waals surface area (Å²) in [7, 11) is 1.82. The lowest BCUT2D eigenvalue weighted by atomic mass is 10.1. The second-order valence-electron chi connectivity index (χ2n) is 7.32. The number of rotatable bonds is 14. The van der Waals surface area contributed by atoms with Crippen LogP contribution in [-0.2, 0) is 11.3 Å². The Morgan fingerprint density at radius 1 is 1.16 bits per heavy atom. The topological polar surface area (TPSA) is 67.2 Å². The molecule has 2 rings (SSSR count). The third kappa shape index (κ3) is 7.80. The van der Waals surface area contributed by atoms with Gasteiger partial charge in [0.15, 0.2) is 11.5 Å². The zero-order valence-corrected chi connectivity index (χ0v) is 19.1. The monoisotopic (exact) mass is 453 g/mol. The Labute approximate surface area is 188 Å². The van der Waals surface area contributed by atoms with Crippen LogP contribution in [-0.4, -0.2) is 62.2 Å². The average molecular weight is 454 g/mol. The number of carbonyl (C=O) groups excluding carboxylic acids is 1. The van der Waals surface area contributed by atoms with Crippen molar-refractivity contribution in [3.8, 4) is 11.5 Å². The van der Waals surface area contributed by atoms with Gasteiger partial charge in [0, 0.05) is 13.1 Å². The fourth-order valence-electron chi connectivity index (χ4n) is 3.55. The number of nitrogens with one attached hydrogen (secondary N) is 1. The molecule has 178 valence electrons. The third-order valence-electron chi connectivity index (χ3n) is 5.01. The Balaban J connectivity index is 1.93. The van der Waals surface area contributed by atoms with Gasteiger partial charge < -0.3 is 19.2 Å². The molecule has 0 bridgehead atoms. The molecule has 0 aliphatic heterocycles. The van der Waals surface area contributed by atoms with Crippen molar-refractivity contribution < 1.29 is 27.5 Å². The van der Waals surface area contributed by atoms with E-state index in [0.717, 1.165) is 24.4 Å². The highest BCUT2D eigenvalue weighted by Crippen LogP contribution is 2.30. The fourth-order valence-corrected chi connectivity index (χ4v) is 3.55. The number of amides is 1. The number of nitrogens with zero attached hydrogens (tertiary/aromatic N) is 2. The lowest BCUT2D eigenvalue weighted by Gasteiger charge is -2.28. The van der Waals surface area contributed by atoms with Crippen molar-refractivity contribution in [1.82, 2.24) is 15.1 Å². The molecule has 0 spiro atoms. The van der Waals surface area contributed by atoms with Crippen LogP contribution in [0.5, 0.6) is 11.5 Å². The molecule has 0 saturated heterocycles. The highest BCUT2D eigenvalue weighted by atomic mass is 19.3. The predicted octanol–water partition coefficient (Wildman–Crippen LogP) is 3.91. The molecule has 7 nitrogen and oxygen atoms in total. The molecule has 0 saturated carbocycles. The number of ether oxygens (including phenoxy) is 2. The predicted molar refractivity (Wildman–Crippen MR) is 118 cm³/mol. The summed E-state index contributed by atoms with van der Waals surface area (Å²) >= 11 is 0. The van der Waals surface area contributed by atoms with Gasteiger partial charge in [0.1, 0.15) is 5.76 Å². The molecule has 0 aliphatic carbocycles. The normalized spacial score (nSPS) is 12.4. The molecule has 0 radical (unpaired) electrons. The van der Waals surface area contributed by atoms with Gasteiger partial charge in [-0.1, -0.05) is 19.9 Å². The molecule has 2 aromatic rings. The van der Waals surface area contributed by atoms with E-state index < -0.39 is 6.61 Å². The SMILES string of the molecule is CCOc1cc(CN(C)CC(=O)NCC(c2ccco2)N(CC)CC)ccc1OC(F)F. The molecule has 1 N–H and O–H groups in total. The largest absolute Gasteiger partial charge is 0.490 e. The maximum atomic E-state index is 12.6. The number of alkyl halides is 2. The summed E-state index contributed by atoms with van der Waals surface area (Å²) < 4.78 is 40.6. The van der Waals surface area contributed by atoms with E-state index in [1.807, 2.05) is 24.1 Å². The van der Waals surface area contributed by atoms with Crippen molar-refractivity contribution in [1.29, 1.82) is 0 Å². The van der Waals surface area contributed by atoms with E-state index >= 15 is 0 Å². The third-order valence-corrected chi connectivity index (χ3v) is 5.01. The summed E-state index contributed by atoms with van der Waals surface area (Å²) in [5.74, 6) is 0.950. The Morgan fingerprint density at radius 3 is 2.50 bits per heavy atom. The first-order chi connectivity index (χ1) is 15.4. The van der Waals surface area contributed by atoms with Crippen molar-refractivity contribution >= 4 is 5.91 Å². The van der Waals surface area contributed by atoms with E-state index in [4.69, 9.17) is 9.15 Å². The number of benzene rings is 1. The van der Waals surface area contributed by atoms with Gasteiger partial charge >= 0.3 is 6.61 Å². The van der Waals surface area contributed by atoms with Gasteiger partial charge in [-0.15, -0.1) is 0 Å². The second kappa shape index (κ2) is 13.0. The quantitative estimate of drug-likeness (QED) is 0.468. The van der Waals surface area contributed by atoms with Crippen molar-refractivity contribution in [2.75, 3.05) is 39.8 Å². The Morgan fingerprint density at radius 2 is 1.91 bits per heavy atom. The van der Waals surface area contributed by atoms with Gasteiger partial charge in [-0.3, -0.25) is 14.6 Å². The molecule has 0 aliphatic rings. The molecule has 1 unspecified atom stereocenters. The standard InChI is InChI=1S/C23H33F2N3O4/c1-5-28(6-2)18(19-9-8-12-31-19)14-26-22(29)16-27(4)15-17-10-11-20(32-23(24)25)21(13-17)30-7-3/h8-13,18,23H,5-7,14-16H2,1-4H3,(H,26,29). The molecule has 9 heteroatoms. The van der Waals surface area contributed by atoms with Crippen LogP contribution < -0.4 is 14.8 Å². The van der Waals surface area contributed by atoms with Crippen LogP contribution in [0, 0.1) is 0 Å². The summed E-state index contributed by atoms with van der Waals surface area (Å²) in [6, 6.07) is 8.52. The minimum Gasteiger partial charge on any atom is -0.490 e. The summed E-state index contributed by atoms with van der Waals surface area (Å²) in [5, 5.41) is 2.99. The van der Waals surface area contributed by atoms with Crippen molar-refractivity contribution in [3.63, 3.8) is 0 Å². The number of hydrogen-bond acceptors (Lipinski definition) is 6. The van der Waals surface area contributed by atoms with E-state index in [9.17, 15) is 13.6 Å². The number of carbonyl (C=O) groups is 1. The molecule has 32 heavy (non-hydrogen) atoms. The zero-order chi connectivity index (χ0) is 23.5. The molecule has 1 amide bonds. The number of furan rings is 1. The first-order valence-electron chi connectivity index (χ1n) is 10.8. The van der Waals surface area contributed by atoms with E-state index in [2.05, 4.69) is 28.8 Å². The fraction of sp³-hybridized carbons (Fsp3) is 0.522. The van der Waals surface area contributed by atoms with E-state index in [0.29, 0.717) is 19.7 Å². The van der Waals surface area contributed by atoms with Crippen LogP contribution >= 0.6 is 0 Å². The summed E-state index contributed by atoms with van der Waals surface area (Å²) in [5.41, 5.74) is 0.821. The average Bonchev–Trinajstić information content (AvgIpc) is 3.27. The lowest BCUT2D eigenvalue weighted by Crippen LogP contribution is -2.41. The molecule has 0 fully saturated rings. The van der Waals surface area contributed by atoms with Gasteiger partial charge in [-0.2, -0.15) is 8.78 Å². The number of hydrogen-bond donors (Lipinski definition) is 1. The van der Waals surface area contributed by atoms with Gasteiger partial charge in [-0.25, -0.2) is 0 Å². The van der Waals surface area contributed by atoms with Gasteiger partial charge in [0.05, 0.1) is 25.5 Å². The van der Waals surface area contributed by atoms with Gasteiger partial charge in [-0.05, 0) is 56.9 Å². The van der Waals surface area contributed by atoms with E-state index in [-0.39, 0.29) is 30.0 Å². The maximum Gasteiger partial charge on any atom is 0.387 e. The molecule has 1 aromatic heterocycles. The first-order valence-corrected chi connectivity index (χ1v) is 10.8. The summed E-state index contributed by atoms with van der Waals surface area (Å²) in [6.45, 7) is 6.06. The summed E-state index contributed by atoms with van der Waals surface area (Å²) in [4.78, 5) is 16.6. The highest BCUT2D eigenvalue weighted by Gasteiger charge is 2.21. The van der Waals surface area contributed by atoms with Gasteiger partial charge in [0.2, 0.25) is 5.91 Å². The second-order valence-corrected chi connectivity index (χ2v) is 7.32. The minimum atomic E-state index is -2.92.